The van der Waals surface area contributed by atoms with Gasteiger partial charge in [-0.2, -0.15) is 11.8 Å². The van der Waals surface area contributed by atoms with E-state index in [1.807, 2.05) is 13.2 Å². The molecule has 0 saturated heterocycles. The van der Waals surface area contributed by atoms with Crippen LogP contribution in [-0.2, 0) is 4.79 Å². The van der Waals surface area contributed by atoms with E-state index in [1.165, 1.54) is 0 Å². The summed E-state index contributed by atoms with van der Waals surface area (Å²) in [5.74, 6) is 0.927. The molecule has 3 nitrogen and oxygen atoms in total. The van der Waals surface area contributed by atoms with E-state index in [-0.39, 0.29) is 18.0 Å². The molecule has 0 bridgehead atoms. The van der Waals surface area contributed by atoms with E-state index in [1.54, 1.807) is 11.8 Å². The molecule has 0 spiro atoms. The quantitative estimate of drug-likeness (QED) is 0.678. The summed E-state index contributed by atoms with van der Waals surface area (Å²) in [6, 6.07) is -0.102. The van der Waals surface area contributed by atoms with Gasteiger partial charge in [-0.05, 0) is 31.8 Å². The van der Waals surface area contributed by atoms with E-state index in [0.29, 0.717) is 0 Å². The minimum atomic E-state index is -0.346. The van der Waals surface area contributed by atoms with Crippen LogP contribution in [0.4, 0.5) is 0 Å². The van der Waals surface area contributed by atoms with Crippen LogP contribution in [0.5, 0.6) is 0 Å². The number of thioether (sulfide) groups is 1. The first-order valence-electron chi connectivity index (χ1n) is 5.16. The van der Waals surface area contributed by atoms with E-state index in [2.05, 4.69) is 12.2 Å². The molecule has 3 N–H and O–H groups in total. The van der Waals surface area contributed by atoms with E-state index >= 15 is 0 Å². The van der Waals surface area contributed by atoms with Crippen molar-refractivity contribution in [2.75, 3.05) is 12.0 Å². The second-order valence-corrected chi connectivity index (χ2v) is 4.57. The minimum absolute atomic E-state index is 0.0139. The zero-order valence-electron chi connectivity index (χ0n) is 9.38. The lowest BCUT2D eigenvalue weighted by molar-refractivity contribution is -0.123. The number of amides is 1. The highest BCUT2D eigenvalue weighted by molar-refractivity contribution is 7.98. The highest BCUT2D eigenvalue weighted by Crippen LogP contribution is 2.00. The molecule has 1 unspecified atom stereocenters. The van der Waals surface area contributed by atoms with Gasteiger partial charge in [-0.15, -0.1) is 0 Å². The Kier molecular flexibility index (Phi) is 7.99. The minimum Gasteiger partial charge on any atom is -0.352 e. The highest BCUT2D eigenvalue weighted by atomic mass is 32.2. The number of carbonyl (C=O) groups is 1. The number of nitrogens with one attached hydrogen (secondary N) is 1. The average molecular weight is 218 g/mol. The Bertz CT molecular complexity index is 164. The lowest BCUT2D eigenvalue weighted by atomic mass is 10.1. The maximum absolute atomic E-state index is 11.5. The number of hydrogen-bond acceptors (Lipinski definition) is 3. The van der Waals surface area contributed by atoms with Crippen molar-refractivity contribution >= 4 is 17.7 Å². The fourth-order valence-corrected chi connectivity index (χ4v) is 1.72. The summed E-state index contributed by atoms with van der Waals surface area (Å²) < 4.78 is 0. The van der Waals surface area contributed by atoms with Crippen molar-refractivity contribution < 1.29 is 4.79 Å². The maximum atomic E-state index is 11.5. The zero-order chi connectivity index (χ0) is 11.0. The summed E-state index contributed by atoms with van der Waals surface area (Å²) in [6.45, 7) is 4.12. The molecule has 0 aliphatic rings. The Morgan fingerprint density at radius 3 is 2.64 bits per heavy atom. The van der Waals surface area contributed by atoms with Gasteiger partial charge in [0.25, 0.3) is 0 Å². The first kappa shape index (κ1) is 13.8. The predicted molar refractivity (Wildman–Crippen MR) is 63.5 cm³/mol. The second kappa shape index (κ2) is 8.12. The van der Waals surface area contributed by atoms with Crippen LogP contribution < -0.4 is 11.1 Å². The topological polar surface area (TPSA) is 55.1 Å². The van der Waals surface area contributed by atoms with Crippen LogP contribution in [0.15, 0.2) is 0 Å². The summed E-state index contributed by atoms with van der Waals surface area (Å²) in [6.07, 6.45) is 4.87. The monoisotopic (exact) mass is 218 g/mol. The molecule has 0 heterocycles. The van der Waals surface area contributed by atoms with Gasteiger partial charge in [0, 0.05) is 6.04 Å². The third kappa shape index (κ3) is 6.27. The van der Waals surface area contributed by atoms with Crippen LogP contribution >= 0.6 is 11.8 Å². The smallest absolute Gasteiger partial charge is 0.237 e. The van der Waals surface area contributed by atoms with Crippen LogP contribution in [0.2, 0.25) is 0 Å². The normalized spacial score (nSPS) is 14.9. The lowest BCUT2D eigenvalue weighted by Gasteiger charge is -2.16. The molecule has 0 aromatic carbocycles. The maximum Gasteiger partial charge on any atom is 0.237 e. The molecule has 0 aliphatic heterocycles. The van der Waals surface area contributed by atoms with Crippen molar-refractivity contribution in [3.63, 3.8) is 0 Å². The SMILES string of the molecule is CCCC(C)NC(=O)[C@H](N)CCSC. The fourth-order valence-electron chi connectivity index (χ4n) is 1.23. The molecule has 0 radical (unpaired) electrons. The van der Waals surface area contributed by atoms with Crippen LogP contribution in [0, 0.1) is 0 Å². The van der Waals surface area contributed by atoms with E-state index < -0.39 is 0 Å². The Labute approximate surface area is 91.2 Å². The Balaban J connectivity index is 3.71. The number of rotatable bonds is 7. The summed E-state index contributed by atoms with van der Waals surface area (Å²) in [5.41, 5.74) is 5.72. The molecule has 14 heavy (non-hydrogen) atoms. The molecule has 2 atom stereocenters. The summed E-state index contributed by atoms with van der Waals surface area (Å²) in [7, 11) is 0. The van der Waals surface area contributed by atoms with Crippen molar-refractivity contribution in [1.82, 2.24) is 5.32 Å². The molecule has 1 amide bonds. The van der Waals surface area contributed by atoms with Crippen LogP contribution in [0.25, 0.3) is 0 Å². The van der Waals surface area contributed by atoms with Crippen LogP contribution in [0.3, 0.4) is 0 Å². The van der Waals surface area contributed by atoms with Gasteiger partial charge in [0.05, 0.1) is 6.04 Å². The van der Waals surface area contributed by atoms with Crippen LogP contribution in [-0.4, -0.2) is 30.0 Å². The van der Waals surface area contributed by atoms with Crippen molar-refractivity contribution in [3.8, 4) is 0 Å². The van der Waals surface area contributed by atoms with Crippen molar-refractivity contribution in [2.24, 2.45) is 5.73 Å². The Morgan fingerprint density at radius 1 is 1.50 bits per heavy atom. The van der Waals surface area contributed by atoms with E-state index in [9.17, 15) is 4.79 Å². The first-order valence-corrected chi connectivity index (χ1v) is 6.56. The molecule has 0 saturated carbocycles. The molecular weight excluding hydrogens is 196 g/mol. The van der Waals surface area contributed by atoms with Crippen molar-refractivity contribution in [2.45, 2.75) is 45.2 Å². The van der Waals surface area contributed by atoms with Gasteiger partial charge in [-0.1, -0.05) is 13.3 Å². The summed E-state index contributed by atoms with van der Waals surface area (Å²) in [4.78, 5) is 11.5. The first-order chi connectivity index (χ1) is 6.61. The predicted octanol–water partition coefficient (Wildman–Crippen LogP) is 1.37. The molecule has 0 rings (SSSR count). The molecular formula is C10H22N2OS. The van der Waals surface area contributed by atoms with Crippen LogP contribution in [0.1, 0.15) is 33.1 Å². The van der Waals surface area contributed by atoms with Gasteiger partial charge in [0.1, 0.15) is 0 Å². The average Bonchev–Trinajstić information content (AvgIpc) is 2.14. The zero-order valence-corrected chi connectivity index (χ0v) is 10.2. The van der Waals surface area contributed by atoms with Gasteiger partial charge in [-0.25, -0.2) is 0 Å². The molecule has 0 aromatic rings. The van der Waals surface area contributed by atoms with Gasteiger partial charge < -0.3 is 11.1 Å². The summed E-state index contributed by atoms with van der Waals surface area (Å²) in [5, 5.41) is 2.92. The Hall–Kier alpha value is -0.220. The number of carbonyl (C=O) groups excluding carboxylic acids is 1. The third-order valence-corrected chi connectivity index (χ3v) is 2.72. The molecule has 84 valence electrons. The lowest BCUT2D eigenvalue weighted by Crippen LogP contribution is -2.44. The third-order valence-electron chi connectivity index (χ3n) is 2.08. The molecule has 0 aromatic heterocycles. The van der Waals surface area contributed by atoms with Gasteiger partial charge in [-0.3, -0.25) is 4.79 Å². The molecule has 0 fully saturated rings. The number of nitrogens with two attached hydrogens (primary N) is 1. The fraction of sp³-hybridized carbons (Fsp3) is 0.900. The second-order valence-electron chi connectivity index (χ2n) is 3.59. The number of hydrogen-bond donors (Lipinski definition) is 2. The molecule has 4 heteroatoms. The largest absolute Gasteiger partial charge is 0.352 e. The van der Waals surface area contributed by atoms with E-state index in [4.69, 9.17) is 5.73 Å². The standard InChI is InChI=1S/C10H22N2OS/c1-4-5-8(2)12-10(13)9(11)6-7-14-3/h8-9H,4-7,11H2,1-3H3,(H,12,13)/t8?,9-/m1/s1. The van der Waals surface area contributed by atoms with Gasteiger partial charge in [0.15, 0.2) is 0 Å². The Morgan fingerprint density at radius 2 is 2.14 bits per heavy atom. The van der Waals surface area contributed by atoms with Gasteiger partial charge >= 0.3 is 0 Å². The van der Waals surface area contributed by atoms with Gasteiger partial charge in [0.2, 0.25) is 5.91 Å². The molecule has 0 aliphatic carbocycles. The van der Waals surface area contributed by atoms with Crippen molar-refractivity contribution in [3.05, 3.63) is 0 Å². The highest BCUT2D eigenvalue weighted by Gasteiger charge is 2.14. The summed E-state index contributed by atoms with van der Waals surface area (Å²) >= 11 is 1.72. The van der Waals surface area contributed by atoms with Crippen molar-refractivity contribution in [1.29, 1.82) is 0 Å². The van der Waals surface area contributed by atoms with E-state index in [0.717, 1.165) is 25.0 Å².